The molecule has 1 aliphatic rings. The molecule has 0 saturated carbocycles. The maximum atomic E-state index is 12.3. The van der Waals surface area contributed by atoms with Gasteiger partial charge in [-0.3, -0.25) is 0 Å². The number of nitrogens with zero attached hydrogens (tertiary/aromatic N) is 2. The van der Waals surface area contributed by atoms with Gasteiger partial charge in [0, 0.05) is 17.4 Å². The van der Waals surface area contributed by atoms with Gasteiger partial charge in [0.2, 0.25) is 0 Å². The highest BCUT2D eigenvalue weighted by Crippen LogP contribution is 2.24. The minimum atomic E-state index is -0.477. The monoisotopic (exact) mass is 362 g/mol. The first-order valence-corrected chi connectivity index (χ1v) is 8.63. The van der Waals surface area contributed by atoms with E-state index in [0.29, 0.717) is 6.42 Å². The van der Waals surface area contributed by atoms with Gasteiger partial charge in [-0.25, -0.2) is 9.78 Å². The quantitative estimate of drug-likeness (QED) is 0.649. The van der Waals surface area contributed by atoms with Gasteiger partial charge in [-0.2, -0.15) is 0 Å². The van der Waals surface area contributed by atoms with Gasteiger partial charge in [-0.15, -0.1) is 0 Å². The largest absolute Gasteiger partial charge is 0.496 e. The number of pyridine rings is 1. The van der Waals surface area contributed by atoms with Gasteiger partial charge in [-0.1, -0.05) is 41.6 Å². The fourth-order valence-electron chi connectivity index (χ4n) is 2.98. The van der Waals surface area contributed by atoms with Crippen LogP contribution in [0.1, 0.15) is 22.5 Å². The lowest BCUT2D eigenvalue weighted by Crippen LogP contribution is -2.20. The van der Waals surface area contributed by atoms with Crippen molar-refractivity contribution in [1.29, 1.82) is 0 Å². The summed E-state index contributed by atoms with van der Waals surface area (Å²) in [6.45, 7) is 0.107. The van der Waals surface area contributed by atoms with Gasteiger partial charge in [-0.05, 0) is 24.3 Å². The Morgan fingerprint density at radius 3 is 2.81 bits per heavy atom. The Bertz CT molecular complexity index is 1020. The Kier molecular flexibility index (Phi) is 4.70. The molecule has 0 amide bonds. The standard InChI is InChI=1S/C21H18N2O4/c1-25-20-9-5-3-7-16(20)19-12-15(27-23-19)13-26-21(24)18-11-10-14-6-2-4-8-17(14)22-18/h2-11,15H,12-13H2,1H3/t15-/m0/s1. The summed E-state index contributed by atoms with van der Waals surface area (Å²) >= 11 is 0. The molecule has 0 unspecified atom stereocenters. The second-order valence-corrected chi connectivity index (χ2v) is 6.16. The summed E-state index contributed by atoms with van der Waals surface area (Å²) in [7, 11) is 1.62. The Balaban J connectivity index is 1.37. The van der Waals surface area contributed by atoms with Crippen molar-refractivity contribution >= 4 is 22.6 Å². The highest BCUT2D eigenvalue weighted by Gasteiger charge is 2.25. The smallest absolute Gasteiger partial charge is 0.357 e. The van der Waals surface area contributed by atoms with Crippen molar-refractivity contribution in [2.24, 2.45) is 5.16 Å². The first-order chi connectivity index (χ1) is 13.2. The number of hydrogen-bond donors (Lipinski definition) is 0. The molecule has 6 heteroatoms. The van der Waals surface area contributed by atoms with Crippen molar-refractivity contribution in [3.05, 3.63) is 71.9 Å². The van der Waals surface area contributed by atoms with E-state index in [1.54, 1.807) is 13.2 Å². The van der Waals surface area contributed by atoms with Crippen LogP contribution in [-0.4, -0.2) is 36.5 Å². The number of fused-ring (bicyclic) bond motifs is 1. The van der Waals surface area contributed by atoms with Crippen molar-refractivity contribution in [2.45, 2.75) is 12.5 Å². The normalized spacial score (nSPS) is 15.9. The lowest BCUT2D eigenvalue weighted by Gasteiger charge is -2.10. The maximum Gasteiger partial charge on any atom is 0.357 e. The molecule has 2 aromatic carbocycles. The molecule has 6 nitrogen and oxygen atoms in total. The van der Waals surface area contributed by atoms with E-state index < -0.39 is 5.97 Å². The Labute approximate surface area is 156 Å². The molecule has 0 saturated heterocycles. The lowest BCUT2D eigenvalue weighted by atomic mass is 10.0. The van der Waals surface area contributed by atoms with Crippen LogP contribution in [0.15, 0.2) is 65.8 Å². The summed E-state index contributed by atoms with van der Waals surface area (Å²) in [4.78, 5) is 22.1. The highest BCUT2D eigenvalue weighted by molar-refractivity contribution is 6.03. The van der Waals surface area contributed by atoms with E-state index in [1.165, 1.54) is 0 Å². The molecule has 27 heavy (non-hydrogen) atoms. The number of carbonyl (C=O) groups is 1. The molecular weight excluding hydrogens is 344 g/mol. The summed E-state index contributed by atoms with van der Waals surface area (Å²) in [5, 5.41) is 5.09. The number of ether oxygens (including phenoxy) is 2. The number of para-hydroxylation sites is 2. The average Bonchev–Trinajstić information content (AvgIpc) is 3.20. The first-order valence-electron chi connectivity index (χ1n) is 8.63. The number of esters is 1. The SMILES string of the molecule is COc1ccccc1C1=NO[C@H](COC(=O)c2ccc3ccccc3n2)C1. The van der Waals surface area contributed by atoms with Crippen molar-refractivity contribution in [2.75, 3.05) is 13.7 Å². The maximum absolute atomic E-state index is 12.3. The van der Waals surface area contributed by atoms with Crippen LogP contribution < -0.4 is 4.74 Å². The van der Waals surface area contributed by atoms with E-state index in [2.05, 4.69) is 10.1 Å². The van der Waals surface area contributed by atoms with Gasteiger partial charge in [0.15, 0.2) is 6.10 Å². The summed E-state index contributed by atoms with van der Waals surface area (Å²) in [5.41, 5.74) is 2.69. The van der Waals surface area contributed by atoms with Gasteiger partial charge < -0.3 is 14.3 Å². The molecule has 0 bridgehead atoms. The number of carbonyl (C=O) groups excluding carboxylic acids is 1. The van der Waals surface area contributed by atoms with E-state index in [0.717, 1.165) is 27.9 Å². The second kappa shape index (κ2) is 7.45. The zero-order valence-corrected chi connectivity index (χ0v) is 14.8. The molecule has 0 spiro atoms. The number of methoxy groups -OCH3 is 1. The van der Waals surface area contributed by atoms with E-state index in [-0.39, 0.29) is 18.4 Å². The molecule has 1 aliphatic heterocycles. The van der Waals surface area contributed by atoms with Crippen LogP contribution in [0, 0.1) is 0 Å². The number of rotatable bonds is 5. The molecule has 0 fully saturated rings. The van der Waals surface area contributed by atoms with E-state index in [1.807, 2.05) is 54.6 Å². The molecule has 136 valence electrons. The molecule has 2 heterocycles. The molecule has 0 N–H and O–H groups in total. The van der Waals surface area contributed by atoms with Crippen molar-refractivity contribution in [3.8, 4) is 5.75 Å². The minimum Gasteiger partial charge on any atom is -0.496 e. The van der Waals surface area contributed by atoms with Crippen LogP contribution in [0.4, 0.5) is 0 Å². The van der Waals surface area contributed by atoms with Crippen LogP contribution in [0.3, 0.4) is 0 Å². The number of benzene rings is 2. The third-order valence-corrected chi connectivity index (χ3v) is 4.36. The molecule has 1 aromatic heterocycles. The number of hydrogen-bond acceptors (Lipinski definition) is 6. The lowest BCUT2D eigenvalue weighted by molar-refractivity contribution is 0.00647. The Hall–Kier alpha value is -3.41. The molecule has 1 atom stereocenters. The fourth-order valence-corrected chi connectivity index (χ4v) is 2.98. The predicted octanol–water partition coefficient (Wildman–Crippen LogP) is 3.59. The van der Waals surface area contributed by atoms with Crippen molar-refractivity contribution in [3.63, 3.8) is 0 Å². The Morgan fingerprint density at radius 1 is 1.11 bits per heavy atom. The van der Waals surface area contributed by atoms with Gasteiger partial charge >= 0.3 is 5.97 Å². The minimum absolute atomic E-state index is 0.107. The van der Waals surface area contributed by atoms with Crippen LogP contribution in [0.2, 0.25) is 0 Å². The second-order valence-electron chi connectivity index (χ2n) is 6.16. The van der Waals surface area contributed by atoms with Crippen LogP contribution in [0.25, 0.3) is 10.9 Å². The van der Waals surface area contributed by atoms with Crippen molar-refractivity contribution in [1.82, 2.24) is 4.98 Å². The first kappa shape index (κ1) is 17.0. The number of aromatic nitrogens is 1. The fraction of sp³-hybridized carbons (Fsp3) is 0.190. The highest BCUT2D eigenvalue weighted by atomic mass is 16.7. The predicted molar refractivity (Wildman–Crippen MR) is 101 cm³/mol. The summed E-state index contributed by atoms with van der Waals surface area (Å²) in [6.07, 6.45) is 0.216. The van der Waals surface area contributed by atoms with Crippen LogP contribution in [0.5, 0.6) is 5.75 Å². The zero-order valence-electron chi connectivity index (χ0n) is 14.8. The van der Waals surface area contributed by atoms with Gasteiger partial charge in [0.25, 0.3) is 0 Å². The zero-order chi connectivity index (χ0) is 18.6. The third-order valence-electron chi connectivity index (χ3n) is 4.36. The summed E-state index contributed by atoms with van der Waals surface area (Å²) in [5.74, 6) is 0.257. The topological polar surface area (TPSA) is 70.0 Å². The van der Waals surface area contributed by atoms with Gasteiger partial charge in [0.1, 0.15) is 18.1 Å². The van der Waals surface area contributed by atoms with E-state index in [4.69, 9.17) is 14.3 Å². The van der Waals surface area contributed by atoms with Crippen LogP contribution >= 0.6 is 0 Å². The molecular formula is C21H18N2O4. The Morgan fingerprint density at radius 2 is 1.93 bits per heavy atom. The summed E-state index contributed by atoms with van der Waals surface area (Å²) in [6, 6.07) is 18.7. The molecule has 0 aliphatic carbocycles. The number of oxime groups is 1. The average molecular weight is 362 g/mol. The molecule has 4 rings (SSSR count). The van der Waals surface area contributed by atoms with Crippen molar-refractivity contribution < 1.29 is 19.1 Å². The third kappa shape index (κ3) is 3.60. The van der Waals surface area contributed by atoms with Crippen LogP contribution in [-0.2, 0) is 9.57 Å². The van der Waals surface area contributed by atoms with E-state index >= 15 is 0 Å². The molecule has 3 aromatic rings. The van der Waals surface area contributed by atoms with Gasteiger partial charge in [0.05, 0.1) is 18.3 Å². The molecule has 0 radical (unpaired) electrons. The van der Waals surface area contributed by atoms with E-state index in [9.17, 15) is 4.79 Å². The summed E-state index contributed by atoms with van der Waals surface area (Å²) < 4.78 is 10.7.